The van der Waals surface area contributed by atoms with Gasteiger partial charge in [0.15, 0.2) is 0 Å². The number of carbonyl (C=O) groups is 2. The Labute approximate surface area is 111 Å². The smallest absolute Gasteiger partial charge is 0.328 e. The molecule has 8 heteroatoms. The number of nitrogens with one attached hydrogen (secondary N) is 2. The minimum atomic E-state index is -0.758. The van der Waals surface area contributed by atoms with Gasteiger partial charge in [-0.05, 0) is 12.8 Å². The molecule has 0 radical (unpaired) electrons. The van der Waals surface area contributed by atoms with Gasteiger partial charge in [0.05, 0.1) is 0 Å². The van der Waals surface area contributed by atoms with Gasteiger partial charge in [0.25, 0.3) is 0 Å². The van der Waals surface area contributed by atoms with Gasteiger partial charge in [0, 0.05) is 19.8 Å². The van der Waals surface area contributed by atoms with Gasteiger partial charge in [-0.3, -0.25) is 15.0 Å². The van der Waals surface area contributed by atoms with Crippen LogP contribution in [0.2, 0.25) is 0 Å². The molecule has 19 heavy (non-hydrogen) atoms. The van der Waals surface area contributed by atoms with Crippen molar-refractivity contribution in [2.24, 2.45) is 0 Å². The molecule has 1 rings (SSSR count). The zero-order valence-electron chi connectivity index (χ0n) is 11.0. The molecule has 2 N–H and O–H groups in total. The monoisotopic (exact) mass is 269 g/mol. The fraction of sp³-hybridized carbons (Fsp3) is 0.636. The van der Waals surface area contributed by atoms with Gasteiger partial charge in [0.2, 0.25) is 0 Å². The third kappa shape index (κ3) is 6.51. The molecule has 0 saturated carbocycles. The summed E-state index contributed by atoms with van der Waals surface area (Å²) in [7, 11) is 0. The van der Waals surface area contributed by atoms with Crippen LogP contribution < -0.4 is 10.7 Å². The van der Waals surface area contributed by atoms with Crippen molar-refractivity contribution in [3.63, 3.8) is 0 Å². The lowest BCUT2D eigenvalue weighted by molar-refractivity contribution is -0.136. The van der Waals surface area contributed by atoms with Crippen molar-refractivity contribution in [3.8, 4) is 0 Å². The van der Waals surface area contributed by atoms with Crippen molar-refractivity contribution in [3.05, 3.63) is 12.7 Å². The van der Waals surface area contributed by atoms with E-state index < -0.39 is 11.8 Å². The van der Waals surface area contributed by atoms with E-state index in [0.29, 0.717) is 19.6 Å². The van der Waals surface area contributed by atoms with E-state index in [0.717, 1.165) is 19.4 Å². The van der Waals surface area contributed by atoms with Crippen LogP contribution in [0.3, 0.4) is 0 Å². The molecule has 0 bridgehead atoms. The SMILES string of the molecule is CCCCOCCCNC(=O)C(=O)Nn1cnnc1. The highest BCUT2D eigenvalue weighted by molar-refractivity contribution is 6.38. The van der Waals surface area contributed by atoms with Gasteiger partial charge < -0.3 is 10.1 Å². The number of unbranched alkanes of at least 4 members (excludes halogenated alkanes) is 1. The zero-order chi connectivity index (χ0) is 13.9. The Morgan fingerprint density at radius 2 is 1.84 bits per heavy atom. The Balaban J connectivity index is 2.05. The second kappa shape index (κ2) is 9.03. The van der Waals surface area contributed by atoms with Crippen LogP contribution in [-0.2, 0) is 14.3 Å². The maximum atomic E-state index is 11.4. The Morgan fingerprint density at radius 1 is 1.16 bits per heavy atom. The van der Waals surface area contributed by atoms with E-state index in [1.807, 2.05) is 0 Å². The average molecular weight is 269 g/mol. The summed E-state index contributed by atoms with van der Waals surface area (Å²) in [5.41, 5.74) is 2.30. The Bertz CT molecular complexity index is 380. The third-order valence-corrected chi connectivity index (χ3v) is 2.25. The summed E-state index contributed by atoms with van der Waals surface area (Å²) in [6.07, 6.45) is 5.38. The quantitative estimate of drug-likeness (QED) is 0.497. The molecule has 1 aromatic heterocycles. The van der Waals surface area contributed by atoms with Crippen molar-refractivity contribution in [2.75, 3.05) is 25.2 Å². The predicted octanol–water partition coefficient (Wildman–Crippen LogP) is -0.329. The van der Waals surface area contributed by atoms with Gasteiger partial charge in [-0.25, -0.2) is 4.68 Å². The van der Waals surface area contributed by atoms with E-state index in [2.05, 4.69) is 27.9 Å². The first kappa shape index (κ1) is 15.1. The fourth-order valence-corrected chi connectivity index (χ4v) is 1.23. The summed E-state index contributed by atoms with van der Waals surface area (Å²) in [5.74, 6) is -1.45. The van der Waals surface area contributed by atoms with Crippen molar-refractivity contribution < 1.29 is 14.3 Å². The normalized spacial score (nSPS) is 10.2. The van der Waals surface area contributed by atoms with Crippen molar-refractivity contribution >= 4 is 11.8 Å². The van der Waals surface area contributed by atoms with Gasteiger partial charge in [-0.15, -0.1) is 10.2 Å². The summed E-state index contributed by atoms with van der Waals surface area (Å²) >= 11 is 0. The third-order valence-electron chi connectivity index (χ3n) is 2.25. The first-order chi connectivity index (χ1) is 9.24. The molecule has 0 spiro atoms. The number of ether oxygens (including phenoxy) is 1. The molecular weight excluding hydrogens is 250 g/mol. The number of hydrogen-bond acceptors (Lipinski definition) is 5. The Hall–Kier alpha value is -1.96. The zero-order valence-corrected chi connectivity index (χ0v) is 11.0. The molecule has 0 atom stereocenters. The first-order valence-corrected chi connectivity index (χ1v) is 6.25. The lowest BCUT2D eigenvalue weighted by Crippen LogP contribution is -2.39. The van der Waals surface area contributed by atoms with E-state index in [9.17, 15) is 9.59 Å². The van der Waals surface area contributed by atoms with Gasteiger partial charge >= 0.3 is 11.8 Å². The molecule has 0 unspecified atom stereocenters. The molecule has 1 heterocycles. The molecular formula is C11H19N5O3. The largest absolute Gasteiger partial charge is 0.381 e. The maximum absolute atomic E-state index is 11.4. The highest BCUT2D eigenvalue weighted by Crippen LogP contribution is 1.89. The van der Waals surface area contributed by atoms with Gasteiger partial charge in [0.1, 0.15) is 12.7 Å². The molecule has 0 aromatic carbocycles. The number of hydrogen-bond donors (Lipinski definition) is 2. The molecule has 0 aliphatic carbocycles. The molecule has 2 amide bonds. The summed E-state index contributed by atoms with van der Waals surface area (Å²) < 4.78 is 6.53. The molecule has 0 aliphatic rings. The van der Waals surface area contributed by atoms with Crippen LogP contribution in [0.1, 0.15) is 26.2 Å². The molecule has 0 saturated heterocycles. The van der Waals surface area contributed by atoms with E-state index in [4.69, 9.17) is 4.74 Å². The van der Waals surface area contributed by atoms with E-state index in [1.165, 1.54) is 17.3 Å². The van der Waals surface area contributed by atoms with Gasteiger partial charge in [-0.1, -0.05) is 13.3 Å². The highest BCUT2D eigenvalue weighted by Gasteiger charge is 2.12. The molecule has 106 valence electrons. The van der Waals surface area contributed by atoms with Crippen LogP contribution in [0.5, 0.6) is 0 Å². The second-order valence-corrected chi connectivity index (χ2v) is 3.89. The van der Waals surface area contributed by atoms with E-state index >= 15 is 0 Å². The van der Waals surface area contributed by atoms with Crippen LogP contribution in [0.25, 0.3) is 0 Å². The number of aromatic nitrogens is 3. The molecule has 1 aromatic rings. The Morgan fingerprint density at radius 3 is 2.53 bits per heavy atom. The number of rotatable bonds is 8. The second-order valence-electron chi connectivity index (χ2n) is 3.89. The lowest BCUT2D eigenvalue weighted by Gasteiger charge is -2.06. The topological polar surface area (TPSA) is 98.1 Å². The summed E-state index contributed by atoms with van der Waals surface area (Å²) in [6, 6.07) is 0. The number of amides is 2. The summed E-state index contributed by atoms with van der Waals surface area (Å²) in [4.78, 5) is 22.8. The van der Waals surface area contributed by atoms with Crippen LogP contribution in [0.15, 0.2) is 12.7 Å². The van der Waals surface area contributed by atoms with E-state index in [-0.39, 0.29) is 0 Å². The molecule has 0 aliphatic heterocycles. The minimum Gasteiger partial charge on any atom is -0.381 e. The molecule has 0 fully saturated rings. The molecule has 8 nitrogen and oxygen atoms in total. The first-order valence-electron chi connectivity index (χ1n) is 6.25. The van der Waals surface area contributed by atoms with Crippen molar-refractivity contribution in [2.45, 2.75) is 26.2 Å². The lowest BCUT2D eigenvalue weighted by atomic mass is 10.3. The van der Waals surface area contributed by atoms with Crippen LogP contribution in [-0.4, -0.2) is 46.4 Å². The number of carbonyl (C=O) groups excluding carboxylic acids is 2. The fourth-order valence-electron chi connectivity index (χ4n) is 1.23. The summed E-state index contributed by atoms with van der Waals surface area (Å²) in [5, 5.41) is 9.49. The Kier molecular flexibility index (Phi) is 7.18. The predicted molar refractivity (Wildman–Crippen MR) is 67.7 cm³/mol. The standard InChI is InChI=1S/C11H19N5O3/c1-2-3-6-19-7-4-5-12-10(17)11(18)15-16-8-13-14-9-16/h8-9H,2-7H2,1H3,(H,12,17)(H,15,18). The highest BCUT2D eigenvalue weighted by atomic mass is 16.5. The van der Waals surface area contributed by atoms with Gasteiger partial charge in [-0.2, -0.15) is 0 Å². The van der Waals surface area contributed by atoms with Crippen molar-refractivity contribution in [1.82, 2.24) is 20.2 Å². The van der Waals surface area contributed by atoms with Crippen LogP contribution >= 0.6 is 0 Å². The maximum Gasteiger partial charge on any atom is 0.328 e. The minimum absolute atomic E-state index is 0.403. The number of nitrogens with zero attached hydrogens (tertiary/aromatic N) is 3. The van der Waals surface area contributed by atoms with E-state index in [1.54, 1.807) is 0 Å². The van der Waals surface area contributed by atoms with Crippen LogP contribution in [0, 0.1) is 0 Å². The average Bonchev–Trinajstić information content (AvgIpc) is 2.90. The summed E-state index contributed by atoms with van der Waals surface area (Å²) in [6.45, 7) is 3.81. The van der Waals surface area contributed by atoms with Crippen LogP contribution in [0.4, 0.5) is 0 Å². The van der Waals surface area contributed by atoms with Crippen molar-refractivity contribution in [1.29, 1.82) is 0 Å².